The number of carbonyl (C=O) groups is 3. The van der Waals surface area contributed by atoms with Crippen molar-refractivity contribution in [1.82, 2.24) is 5.32 Å². The normalized spacial score (nSPS) is 23.0. The number of rotatable bonds is 5. The molecule has 22 heavy (non-hydrogen) atoms. The predicted molar refractivity (Wildman–Crippen MR) is 82.3 cm³/mol. The van der Waals surface area contributed by atoms with E-state index in [0.29, 0.717) is 25.7 Å². The molecule has 1 spiro atoms. The van der Waals surface area contributed by atoms with Crippen molar-refractivity contribution < 1.29 is 14.4 Å². The zero-order valence-corrected chi connectivity index (χ0v) is 12.9. The third-order valence-electron chi connectivity index (χ3n) is 4.77. The van der Waals surface area contributed by atoms with Crippen LogP contribution in [0.1, 0.15) is 49.3 Å². The van der Waals surface area contributed by atoms with Gasteiger partial charge in [-0.05, 0) is 36.0 Å². The first-order valence-corrected chi connectivity index (χ1v) is 7.99. The second-order valence-electron chi connectivity index (χ2n) is 6.61. The minimum Gasteiger partial charge on any atom is -0.299 e. The molecule has 4 heteroatoms. The molecule has 1 aliphatic carbocycles. The third kappa shape index (κ3) is 2.70. The number of carbonyl (C=O) groups excluding carboxylic acids is 3. The van der Waals surface area contributed by atoms with Gasteiger partial charge in [0, 0.05) is 19.3 Å². The summed E-state index contributed by atoms with van der Waals surface area (Å²) in [5.74, 6) is -0.0506. The molecule has 1 saturated heterocycles. The molecule has 1 heterocycles. The van der Waals surface area contributed by atoms with Crippen LogP contribution >= 0.6 is 0 Å². The SMILES string of the molecule is CCCCC(=O)Cc1ccc2c(c1)C[C@@]1(CC(=O)NC1=O)C2. The highest BCUT2D eigenvalue weighted by molar-refractivity contribution is 6.06. The van der Waals surface area contributed by atoms with Crippen molar-refractivity contribution in [3.05, 3.63) is 34.9 Å². The fraction of sp³-hybridized carbons (Fsp3) is 0.500. The fourth-order valence-electron chi connectivity index (χ4n) is 3.58. The van der Waals surface area contributed by atoms with E-state index in [9.17, 15) is 14.4 Å². The van der Waals surface area contributed by atoms with Gasteiger partial charge in [-0.25, -0.2) is 0 Å². The number of amides is 2. The number of nitrogens with one attached hydrogen (secondary N) is 1. The Hall–Kier alpha value is -1.97. The van der Waals surface area contributed by atoms with Gasteiger partial charge in [-0.2, -0.15) is 0 Å². The van der Waals surface area contributed by atoms with E-state index >= 15 is 0 Å². The molecular weight excluding hydrogens is 278 g/mol. The summed E-state index contributed by atoms with van der Waals surface area (Å²) in [5, 5.41) is 2.42. The van der Waals surface area contributed by atoms with Crippen LogP contribution in [0.25, 0.3) is 0 Å². The summed E-state index contributed by atoms with van der Waals surface area (Å²) >= 11 is 0. The molecule has 1 aromatic rings. The maximum absolute atomic E-state index is 12.1. The van der Waals surface area contributed by atoms with Crippen molar-refractivity contribution >= 4 is 17.6 Å². The van der Waals surface area contributed by atoms with Crippen molar-refractivity contribution in [2.75, 3.05) is 0 Å². The van der Waals surface area contributed by atoms with Crippen molar-refractivity contribution in [1.29, 1.82) is 0 Å². The van der Waals surface area contributed by atoms with E-state index in [1.54, 1.807) is 0 Å². The van der Waals surface area contributed by atoms with Crippen LogP contribution in [0.2, 0.25) is 0 Å². The third-order valence-corrected chi connectivity index (χ3v) is 4.77. The molecule has 1 N–H and O–H groups in total. The van der Waals surface area contributed by atoms with E-state index in [-0.39, 0.29) is 24.0 Å². The molecule has 1 aliphatic heterocycles. The van der Waals surface area contributed by atoms with Crippen LogP contribution in [0.5, 0.6) is 0 Å². The molecule has 0 unspecified atom stereocenters. The van der Waals surface area contributed by atoms with Gasteiger partial charge >= 0.3 is 0 Å². The Morgan fingerprint density at radius 2 is 1.95 bits per heavy atom. The van der Waals surface area contributed by atoms with E-state index in [1.807, 2.05) is 18.2 Å². The van der Waals surface area contributed by atoms with Gasteiger partial charge in [-0.3, -0.25) is 19.7 Å². The highest BCUT2D eigenvalue weighted by Gasteiger charge is 2.50. The average Bonchev–Trinajstić information content (AvgIpc) is 2.95. The van der Waals surface area contributed by atoms with Gasteiger partial charge in [0.15, 0.2) is 0 Å². The summed E-state index contributed by atoms with van der Waals surface area (Å²) in [7, 11) is 0. The monoisotopic (exact) mass is 299 g/mol. The number of unbranched alkanes of at least 4 members (excludes halogenated alkanes) is 1. The molecule has 0 bridgehead atoms. The van der Waals surface area contributed by atoms with E-state index in [0.717, 1.165) is 29.5 Å². The van der Waals surface area contributed by atoms with Crippen LogP contribution in [0, 0.1) is 5.41 Å². The second kappa shape index (κ2) is 5.67. The van der Waals surface area contributed by atoms with Gasteiger partial charge in [-0.1, -0.05) is 31.5 Å². The van der Waals surface area contributed by atoms with E-state index in [1.165, 1.54) is 0 Å². The predicted octanol–water partition coefficient (Wildman–Crippen LogP) is 2.12. The summed E-state index contributed by atoms with van der Waals surface area (Å²) in [6.45, 7) is 2.08. The minimum atomic E-state index is -0.579. The van der Waals surface area contributed by atoms with Crippen molar-refractivity contribution in [3.8, 4) is 0 Å². The second-order valence-corrected chi connectivity index (χ2v) is 6.61. The summed E-state index contributed by atoms with van der Waals surface area (Å²) in [5.41, 5.74) is 2.69. The molecule has 3 rings (SSSR count). The van der Waals surface area contributed by atoms with E-state index < -0.39 is 5.41 Å². The Morgan fingerprint density at radius 3 is 2.64 bits per heavy atom. The average molecular weight is 299 g/mol. The van der Waals surface area contributed by atoms with Gasteiger partial charge in [0.25, 0.3) is 0 Å². The van der Waals surface area contributed by atoms with Crippen molar-refractivity contribution in [2.45, 2.75) is 51.9 Å². The van der Waals surface area contributed by atoms with Crippen LogP contribution in [0.3, 0.4) is 0 Å². The van der Waals surface area contributed by atoms with Gasteiger partial charge in [-0.15, -0.1) is 0 Å². The Kier molecular flexibility index (Phi) is 3.85. The topological polar surface area (TPSA) is 63.2 Å². The van der Waals surface area contributed by atoms with Crippen LogP contribution in [-0.4, -0.2) is 17.6 Å². The lowest BCUT2D eigenvalue weighted by Gasteiger charge is -2.16. The molecule has 1 fully saturated rings. The number of hydrogen-bond donors (Lipinski definition) is 1. The smallest absolute Gasteiger partial charge is 0.233 e. The molecule has 2 amide bonds. The molecule has 1 aromatic carbocycles. The maximum atomic E-state index is 12.1. The van der Waals surface area contributed by atoms with Crippen LogP contribution in [0.4, 0.5) is 0 Å². The minimum absolute atomic E-state index is 0.144. The molecule has 1 atom stereocenters. The Bertz CT molecular complexity index is 650. The number of hydrogen-bond acceptors (Lipinski definition) is 3. The molecule has 0 radical (unpaired) electrons. The Labute approximate surface area is 130 Å². The molecule has 2 aliphatic rings. The van der Waals surface area contributed by atoms with Crippen molar-refractivity contribution in [2.24, 2.45) is 5.41 Å². The van der Waals surface area contributed by atoms with Crippen LogP contribution in [0.15, 0.2) is 18.2 Å². The highest BCUT2D eigenvalue weighted by atomic mass is 16.2. The zero-order chi connectivity index (χ0) is 15.7. The first-order chi connectivity index (χ1) is 10.5. The maximum Gasteiger partial charge on any atom is 0.233 e. The van der Waals surface area contributed by atoms with Gasteiger partial charge in [0.1, 0.15) is 5.78 Å². The van der Waals surface area contributed by atoms with Crippen LogP contribution < -0.4 is 5.32 Å². The highest BCUT2D eigenvalue weighted by Crippen LogP contribution is 2.42. The first-order valence-electron chi connectivity index (χ1n) is 7.99. The lowest BCUT2D eigenvalue weighted by atomic mass is 9.83. The molecule has 116 valence electrons. The molecule has 4 nitrogen and oxygen atoms in total. The Morgan fingerprint density at radius 1 is 1.18 bits per heavy atom. The lowest BCUT2D eigenvalue weighted by molar-refractivity contribution is -0.128. The number of ketones is 1. The summed E-state index contributed by atoms with van der Waals surface area (Å²) in [4.78, 5) is 35.5. The molecule has 0 saturated carbocycles. The molecule has 0 aromatic heterocycles. The molecular formula is C18H21NO3. The van der Waals surface area contributed by atoms with E-state index in [2.05, 4.69) is 12.2 Å². The number of imide groups is 1. The zero-order valence-electron chi connectivity index (χ0n) is 12.9. The largest absolute Gasteiger partial charge is 0.299 e. The van der Waals surface area contributed by atoms with E-state index in [4.69, 9.17) is 0 Å². The number of benzene rings is 1. The quantitative estimate of drug-likeness (QED) is 0.847. The summed E-state index contributed by atoms with van der Waals surface area (Å²) < 4.78 is 0. The van der Waals surface area contributed by atoms with Gasteiger partial charge < -0.3 is 0 Å². The summed E-state index contributed by atoms with van der Waals surface area (Å²) in [6, 6.07) is 6.04. The van der Waals surface area contributed by atoms with Gasteiger partial charge in [0.2, 0.25) is 11.8 Å². The first kappa shape index (κ1) is 14.9. The fourth-order valence-corrected chi connectivity index (χ4v) is 3.58. The van der Waals surface area contributed by atoms with Crippen LogP contribution in [-0.2, 0) is 33.6 Å². The number of fused-ring (bicyclic) bond motifs is 1. The van der Waals surface area contributed by atoms with Gasteiger partial charge in [0.05, 0.1) is 5.41 Å². The number of Topliss-reactive ketones (excluding diaryl/α,β-unsaturated/α-hetero) is 1. The standard InChI is InChI=1S/C18H21NO3/c1-2-3-4-15(20)8-12-5-6-13-9-18(10-14(13)7-12)11-16(21)19-17(18)22/h5-7H,2-4,8-11H2,1H3,(H,19,21,22)/t18-/m1/s1. The Balaban J connectivity index is 1.74. The van der Waals surface area contributed by atoms with Crippen molar-refractivity contribution in [3.63, 3.8) is 0 Å². The summed E-state index contributed by atoms with van der Waals surface area (Å²) in [6.07, 6.45) is 4.59. The lowest BCUT2D eigenvalue weighted by Crippen LogP contribution is -2.32.